The highest BCUT2D eigenvalue weighted by molar-refractivity contribution is 9.10. The number of halogens is 1. The van der Waals surface area contributed by atoms with Gasteiger partial charge in [-0.25, -0.2) is 0 Å². The topological polar surface area (TPSA) is 43.1 Å². The number of rotatable bonds is 2. The van der Waals surface area contributed by atoms with Gasteiger partial charge in [-0.1, -0.05) is 6.58 Å². The Bertz CT molecular complexity index is 374. The summed E-state index contributed by atoms with van der Waals surface area (Å²) in [6.45, 7) is 5.61. The highest BCUT2D eigenvalue weighted by Gasteiger charge is 2.08. The smallest absolute Gasteiger partial charge is 0.258 e. The van der Waals surface area contributed by atoms with Crippen molar-refractivity contribution >= 4 is 27.2 Å². The Morgan fingerprint density at radius 3 is 2.62 bits per heavy atom. The number of benzene rings is 1. The minimum atomic E-state index is -0.424. The Labute approximate surface area is 84.4 Å². The third-order valence-electron chi connectivity index (χ3n) is 1.62. The molecule has 0 aromatic heterocycles. The lowest BCUT2D eigenvalue weighted by atomic mass is 10.1. The first-order valence-corrected chi connectivity index (χ1v) is 4.41. The number of nitro benzene ring substituents is 1. The quantitative estimate of drug-likeness (QED) is 0.589. The lowest BCUT2D eigenvalue weighted by Gasteiger charge is -2.02. The van der Waals surface area contributed by atoms with Crippen LogP contribution in [0.25, 0.3) is 5.57 Å². The zero-order valence-corrected chi connectivity index (χ0v) is 8.67. The predicted octanol–water partition coefficient (Wildman–Crippen LogP) is 3.39. The van der Waals surface area contributed by atoms with Gasteiger partial charge in [0.2, 0.25) is 0 Å². The third kappa shape index (κ3) is 2.15. The van der Waals surface area contributed by atoms with Gasteiger partial charge in [-0.05, 0) is 40.1 Å². The molecule has 0 aliphatic heterocycles. The average Bonchev–Trinajstić information content (AvgIpc) is 2.03. The van der Waals surface area contributed by atoms with E-state index in [0.29, 0.717) is 4.47 Å². The number of hydrogen-bond donors (Lipinski definition) is 0. The molecule has 0 bridgehead atoms. The fraction of sp³-hybridized carbons (Fsp3) is 0.111. The Hall–Kier alpha value is -1.16. The first kappa shape index (κ1) is 9.92. The summed E-state index contributed by atoms with van der Waals surface area (Å²) in [5, 5.41) is 10.4. The lowest BCUT2D eigenvalue weighted by Crippen LogP contribution is -1.89. The molecule has 0 amide bonds. The molecule has 0 saturated carbocycles. The Morgan fingerprint density at radius 1 is 1.62 bits per heavy atom. The molecule has 0 radical (unpaired) electrons. The second kappa shape index (κ2) is 3.70. The summed E-state index contributed by atoms with van der Waals surface area (Å²) in [7, 11) is 0. The van der Waals surface area contributed by atoms with Crippen LogP contribution in [0.1, 0.15) is 12.5 Å². The van der Waals surface area contributed by atoms with Crippen LogP contribution in [0.3, 0.4) is 0 Å². The molecule has 3 nitrogen and oxygen atoms in total. The molecule has 0 N–H and O–H groups in total. The predicted molar refractivity (Wildman–Crippen MR) is 55.5 cm³/mol. The summed E-state index contributed by atoms with van der Waals surface area (Å²) in [5.41, 5.74) is 1.85. The number of hydrogen-bond acceptors (Lipinski definition) is 2. The van der Waals surface area contributed by atoms with Crippen molar-refractivity contribution < 1.29 is 4.92 Å². The van der Waals surface area contributed by atoms with E-state index >= 15 is 0 Å². The Balaban J connectivity index is 3.20. The van der Waals surface area contributed by atoms with Crippen molar-refractivity contribution in [2.75, 3.05) is 0 Å². The molecule has 1 aromatic rings. The minimum absolute atomic E-state index is 0.0804. The summed E-state index contributed by atoms with van der Waals surface area (Å²) in [6, 6.07) is 4.63. The van der Waals surface area contributed by atoms with E-state index in [9.17, 15) is 10.1 Å². The SMILES string of the molecule is C=C(C)c1ccc([N+](=O)[O-])cc1Br. The maximum Gasteiger partial charge on any atom is 0.270 e. The molecule has 68 valence electrons. The molecular weight excluding hydrogens is 234 g/mol. The molecule has 0 heterocycles. The Morgan fingerprint density at radius 2 is 2.23 bits per heavy atom. The van der Waals surface area contributed by atoms with E-state index in [1.54, 1.807) is 6.07 Å². The van der Waals surface area contributed by atoms with Crippen molar-refractivity contribution in [2.45, 2.75) is 6.92 Å². The van der Waals surface area contributed by atoms with Crippen molar-refractivity contribution in [1.82, 2.24) is 0 Å². The third-order valence-corrected chi connectivity index (χ3v) is 2.28. The molecule has 1 rings (SSSR count). The number of nitrogens with zero attached hydrogens (tertiary/aromatic N) is 1. The van der Waals surface area contributed by atoms with Crippen molar-refractivity contribution in [1.29, 1.82) is 0 Å². The van der Waals surface area contributed by atoms with Gasteiger partial charge in [0.1, 0.15) is 0 Å². The van der Waals surface area contributed by atoms with Gasteiger partial charge in [-0.15, -0.1) is 0 Å². The first-order valence-electron chi connectivity index (χ1n) is 3.62. The molecule has 1 aromatic carbocycles. The largest absolute Gasteiger partial charge is 0.270 e. The zero-order chi connectivity index (χ0) is 10.0. The Kier molecular flexibility index (Phi) is 2.83. The summed E-state index contributed by atoms with van der Waals surface area (Å²) in [4.78, 5) is 9.97. The van der Waals surface area contributed by atoms with Gasteiger partial charge >= 0.3 is 0 Å². The molecule has 0 spiro atoms. The molecule has 0 fully saturated rings. The van der Waals surface area contributed by atoms with Crippen LogP contribution in [0.5, 0.6) is 0 Å². The summed E-state index contributed by atoms with van der Waals surface area (Å²) >= 11 is 3.25. The van der Waals surface area contributed by atoms with Crippen LogP contribution < -0.4 is 0 Å². The zero-order valence-electron chi connectivity index (χ0n) is 7.08. The minimum Gasteiger partial charge on any atom is -0.258 e. The van der Waals surface area contributed by atoms with Gasteiger partial charge in [0.25, 0.3) is 5.69 Å². The van der Waals surface area contributed by atoms with Gasteiger partial charge in [0.15, 0.2) is 0 Å². The van der Waals surface area contributed by atoms with Crippen LogP contribution >= 0.6 is 15.9 Å². The van der Waals surface area contributed by atoms with E-state index in [-0.39, 0.29) is 5.69 Å². The molecule has 4 heteroatoms. The van der Waals surface area contributed by atoms with E-state index < -0.39 is 4.92 Å². The highest BCUT2D eigenvalue weighted by atomic mass is 79.9. The number of allylic oxidation sites excluding steroid dienone is 1. The van der Waals surface area contributed by atoms with Gasteiger partial charge in [-0.3, -0.25) is 10.1 Å². The van der Waals surface area contributed by atoms with E-state index in [4.69, 9.17) is 0 Å². The lowest BCUT2D eigenvalue weighted by molar-refractivity contribution is -0.384. The van der Waals surface area contributed by atoms with Crippen LogP contribution in [-0.2, 0) is 0 Å². The number of nitro groups is 1. The standard InChI is InChI=1S/C9H8BrNO2/c1-6(2)8-4-3-7(11(12)13)5-9(8)10/h3-5H,1H2,2H3. The number of non-ortho nitro benzene ring substituents is 1. The monoisotopic (exact) mass is 241 g/mol. The fourth-order valence-electron chi connectivity index (χ4n) is 0.964. The summed E-state index contributed by atoms with van der Waals surface area (Å²) < 4.78 is 0.703. The maximum atomic E-state index is 10.4. The first-order chi connectivity index (χ1) is 6.02. The second-order valence-corrected chi connectivity index (χ2v) is 3.56. The van der Waals surface area contributed by atoms with Crippen LogP contribution in [0.4, 0.5) is 5.69 Å². The van der Waals surface area contributed by atoms with E-state index in [2.05, 4.69) is 22.5 Å². The molecule has 0 saturated heterocycles. The van der Waals surface area contributed by atoms with Crippen molar-refractivity contribution in [3.8, 4) is 0 Å². The van der Waals surface area contributed by atoms with Crippen LogP contribution in [-0.4, -0.2) is 4.92 Å². The molecular formula is C9H8BrNO2. The van der Waals surface area contributed by atoms with Crippen molar-refractivity contribution in [2.24, 2.45) is 0 Å². The van der Waals surface area contributed by atoms with Gasteiger partial charge in [-0.2, -0.15) is 0 Å². The molecule has 0 aliphatic carbocycles. The highest BCUT2D eigenvalue weighted by Crippen LogP contribution is 2.26. The van der Waals surface area contributed by atoms with Crippen molar-refractivity contribution in [3.05, 3.63) is 44.9 Å². The summed E-state index contributed by atoms with van der Waals surface area (Å²) in [5.74, 6) is 0. The van der Waals surface area contributed by atoms with E-state index in [1.165, 1.54) is 12.1 Å². The molecule has 0 atom stereocenters. The maximum absolute atomic E-state index is 10.4. The van der Waals surface area contributed by atoms with Gasteiger partial charge in [0.05, 0.1) is 4.92 Å². The van der Waals surface area contributed by atoms with Crippen LogP contribution in [0.15, 0.2) is 29.3 Å². The van der Waals surface area contributed by atoms with E-state index in [1.807, 2.05) is 6.92 Å². The molecule has 0 aliphatic rings. The van der Waals surface area contributed by atoms with Gasteiger partial charge in [0, 0.05) is 16.6 Å². The van der Waals surface area contributed by atoms with Gasteiger partial charge < -0.3 is 0 Å². The molecule has 0 unspecified atom stereocenters. The average molecular weight is 242 g/mol. The van der Waals surface area contributed by atoms with Crippen molar-refractivity contribution in [3.63, 3.8) is 0 Å². The van der Waals surface area contributed by atoms with Crippen LogP contribution in [0.2, 0.25) is 0 Å². The van der Waals surface area contributed by atoms with E-state index in [0.717, 1.165) is 11.1 Å². The second-order valence-electron chi connectivity index (χ2n) is 2.70. The fourth-order valence-corrected chi connectivity index (χ4v) is 1.67. The molecule has 13 heavy (non-hydrogen) atoms. The van der Waals surface area contributed by atoms with Crippen LogP contribution in [0, 0.1) is 10.1 Å². The normalized spacial score (nSPS) is 9.69. The summed E-state index contributed by atoms with van der Waals surface area (Å²) in [6.07, 6.45) is 0.